The SMILES string of the molecule is CCCN(CC#Cc1ccsc1)Cc1cccc(O)c1. The van der Waals surface area contributed by atoms with Crippen LogP contribution in [-0.4, -0.2) is 23.1 Å². The first-order valence-electron chi connectivity index (χ1n) is 6.79. The maximum absolute atomic E-state index is 9.51. The molecule has 0 bridgehead atoms. The van der Waals surface area contributed by atoms with Crippen molar-refractivity contribution in [3.8, 4) is 17.6 Å². The third-order valence-corrected chi connectivity index (χ3v) is 3.60. The van der Waals surface area contributed by atoms with Gasteiger partial charge in [-0.05, 0) is 42.1 Å². The van der Waals surface area contributed by atoms with Gasteiger partial charge in [0, 0.05) is 17.5 Å². The molecule has 0 saturated carbocycles. The molecule has 0 aliphatic carbocycles. The first kappa shape index (κ1) is 14.6. The molecule has 0 atom stereocenters. The molecule has 0 amide bonds. The van der Waals surface area contributed by atoms with Crippen molar-refractivity contribution in [3.05, 3.63) is 52.2 Å². The van der Waals surface area contributed by atoms with E-state index in [-0.39, 0.29) is 0 Å². The van der Waals surface area contributed by atoms with Crippen molar-refractivity contribution < 1.29 is 5.11 Å². The highest BCUT2D eigenvalue weighted by molar-refractivity contribution is 7.08. The summed E-state index contributed by atoms with van der Waals surface area (Å²) in [5.74, 6) is 6.73. The third kappa shape index (κ3) is 4.73. The van der Waals surface area contributed by atoms with Crippen LogP contribution in [0.4, 0.5) is 0 Å². The summed E-state index contributed by atoms with van der Waals surface area (Å²) in [5, 5.41) is 13.6. The molecule has 0 saturated heterocycles. The van der Waals surface area contributed by atoms with E-state index < -0.39 is 0 Å². The van der Waals surface area contributed by atoms with Crippen LogP contribution in [0, 0.1) is 11.8 Å². The van der Waals surface area contributed by atoms with Crippen LogP contribution < -0.4 is 0 Å². The van der Waals surface area contributed by atoms with Gasteiger partial charge in [-0.1, -0.05) is 30.9 Å². The molecular formula is C17H19NOS. The number of hydrogen-bond acceptors (Lipinski definition) is 3. The highest BCUT2D eigenvalue weighted by Gasteiger charge is 2.04. The van der Waals surface area contributed by atoms with Gasteiger partial charge in [-0.3, -0.25) is 4.90 Å². The molecule has 1 N–H and O–H groups in total. The molecule has 2 aromatic rings. The third-order valence-electron chi connectivity index (χ3n) is 2.91. The number of thiophene rings is 1. The van der Waals surface area contributed by atoms with Crippen molar-refractivity contribution >= 4 is 11.3 Å². The average Bonchev–Trinajstić information content (AvgIpc) is 2.92. The molecule has 1 aromatic carbocycles. The topological polar surface area (TPSA) is 23.5 Å². The van der Waals surface area contributed by atoms with Gasteiger partial charge in [0.25, 0.3) is 0 Å². The molecule has 104 valence electrons. The van der Waals surface area contributed by atoms with E-state index >= 15 is 0 Å². The van der Waals surface area contributed by atoms with Crippen molar-refractivity contribution in [2.45, 2.75) is 19.9 Å². The minimum absolute atomic E-state index is 0.323. The Labute approximate surface area is 124 Å². The van der Waals surface area contributed by atoms with E-state index in [0.29, 0.717) is 5.75 Å². The van der Waals surface area contributed by atoms with E-state index in [0.717, 1.165) is 37.2 Å². The minimum Gasteiger partial charge on any atom is -0.508 e. The van der Waals surface area contributed by atoms with Gasteiger partial charge in [0.15, 0.2) is 0 Å². The van der Waals surface area contributed by atoms with Gasteiger partial charge in [-0.15, -0.1) is 0 Å². The van der Waals surface area contributed by atoms with Crippen LogP contribution in [-0.2, 0) is 6.54 Å². The highest BCUT2D eigenvalue weighted by atomic mass is 32.1. The maximum Gasteiger partial charge on any atom is 0.115 e. The first-order chi connectivity index (χ1) is 9.78. The largest absolute Gasteiger partial charge is 0.508 e. The summed E-state index contributed by atoms with van der Waals surface area (Å²) in [7, 11) is 0. The molecule has 0 aliphatic rings. The van der Waals surface area contributed by atoms with Gasteiger partial charge in [0.2, 0.25) is 0 Å². The molecule has 0 aliphatic heterocycles. The second kappa shape index (κ2) is 7.74. The monoisotopic (exact) mass is 285 g/mol. The van der Waals surface area contributed by atoms with Crippen molar-refractivity contribution in [2.24, 2.45) is 0 Å². The fraction of sp³-hybridized carbons (Fsp3) is 0.294. The Hall–Kier alpha value is -1.76. The average molecular weight is 285 g/mol. The molecule has 20 heavy (non-hydrogen) atoms. The Balaban J connectivity index is 1.96. The fourth-order valence-corrected chi connectivity index (χ4v) is 2.62. The predicted molar refractivity (Wildman–Crippen MR) is 84.9 cm³/mol. The molecule has 1 aromatic heterocycles. The van der Waals surface area contributed by atoms with Crippen LogP contribution in [0.5, 0.6) is 5.75 Å². The lowest BCUT2D eigenvalue weighted by molar-refractivity contribution is 0.299. The number of phenols is 1. The number of benzene rings is 1. The van der Waals surface area contributed by atoms with Gasteiger partial charge in [-0.25, -0.2) is 0 Å². The molecule has 1 heterocycles. The van der Waals surface area contributed by atoms with Gasteiger partial charge in [0.1, 0.15) is 5.75 Å². The Morgan fingerprint density at radius 1 is 1.30 bits per heavy atom. The van der Waals surface area contributed by atoms with Gasteiger partial charge in [-0.2, -0.15) is 11.3 Å². The summed E-state index contributed by atoms with van der Waals surface area (Å²) < 4.78 is 0. The number of rotatable bonds is 5. The molecule has 2 rings (SSSR count). The van der Waals surface area contributed by atoms with E-state index in [2.05, 4.69) is 29.0 Å². The van der Waals surface area contributed by atoms with Crippen LogP contribution in [0.2, 0.25) is 0 Å². The van der Waals surface area contributed by atoms with E-state index in [1.807, 2.05) is 29.6 Å². The van der Waals surface area contributed by atoms with Gasteiger partial charge >= 0.3 is 0 Å². The number of phenolic OH excluding ortho intramolecular Hbond substituents is 1. The number of hydrogen-bond donors (Lipinski definition) is 1. The van der Waals surface area contributed by atoms with Crippen molar-refractivity contribution in [1.29, 1.82) is 0 Å². The summed E-state index contributed by atoms with van der Waals surface area (Å²) in [6.07, 6.45) is 1.10. The van der Waals surface area contributed by atoms with Crippen LogP contribution in [0.15, 0.2) is 41.1 Å². The zero-order valence-electron chi connectivity index (χ0n) is 11.7. The molecule has 0 fully saturated rings. The molecule has 0 radical (unpaired) electrons. The summed E-state index contributed by atoms with van der Waals surface area (Å²) in [6, 6.07) is 9.47. The first-order valence-corrected chi connectivity index (χ1v) is 7.73. The Morgan fingerprint density at radius 2 is 2.20 bits per heavy atom. The summed E-state index contributed by atoms with van der Waals surface area (Å²) in [5.41, 5.74) is 2.21. The van der Waals surface area contributed by atoms with E-state index in [9.17, 15) is 5.11 Å². The van der Waals surface area contributed by atoms with E-state index in [1.54, 1.807) is 17.4 Å². The second-order valence-electron chi connectivity index (χ2n) is 4.69. The van der Waals surface area contributed by atoms with Crippen molar-refractivity contribution in [1.82, 2.24) is 4.90 Å². The predicted octanol–water partition coefficient (Wildman–Crippen LogP) is 3.72. The molecule has 2 nitrogen and oxygen atoms in total. The van der Waals surface area contributed by atoms with E-state index in [1.165, 1.54) is 0 Å². The maximum atomic E-state index is 9.51. The smallest absolute Gasteiger partial charge is 0.115 e. The quantitative estimate of drug-likeness (QED) is 0.846. The van der Waals surface area contributed by atoms with Crippen LogP contribution in [0.1, 0.15) is 24.5 Å². The lowest BCUT2D eigenvalue weighted by atomic mass is 10.2. The van der Waals surface area contributed by atoms with Crippen molar-refractivity contribution in [2.75, 3.05) is 13.1 Å². The lowest BCUT2D eigenvalue weighted by Crippen LogP contribution is -2.24. The Bertz CT molecular complexity index is 581. The van der Waals surface area contributed by atoms with Crippen LogP contribution in [0.25, 0.3) is 0 Å². The Morgan fingerprint density at radius 3 is 2.90 bits per heavy atom. The fourth-order valence-electron chi connectivity index (χ4n) is 2.03. The van der Waals surface area contributed by atoms with Crippen molar-refractivity contribution in [3.63, 3.8) is 0 Å². The minimum atomic E-state index is 0.323. The molecular weight excluding hydrogens is 266 g/mol. The zero-order valence-corrected chi connectivity index (χ0v) is 12.5. The molecule has 0 unspecified atom stereocenters. The van der Waals surface area contributed by atoms with Gasteiger partial charge in [0.05, 0.1) is 6.54 Å². The number of nitrogens with zero attached hydrogens (tertiary/aromatic N) is 1. The summed E-state index contributed by atoms with van der Waals surface area (Å²) in [6.45, 7) is 4.75. The van der Waals surface area contributed by atoms with E-state index in [4.69, 9.17) is 0 Å². The lowest BCUT2D eigenvalue weighted by Gasteiger charge is -2.18. The Kier molecular flexibility index (Phi) is 5.67. The molecule has 0 spiro atoms. The zero-order chi connectivity index (χ0) is 14.2. The van der Waals surface area contributed by atoms with Crippen LogP contribution >= 0.6 is 11.3 Å². The normalized spacial score (nSPS) is 10.3. The highest BCUT2D eigenvalue weighted by Crippen LogP contribution is 2.13. The standard InChI is InChI=1S/C17H19NOS/c1-2-9-18(10-4-6-15-8-11-20-14-15)13-16-5-3-7-17(19)12-16/h3,5,7-8,11-12,14,19H,2,9-10,13H2,1H3. The second-order valence-corrected chi connectivity index (χ2v) is 5.47. The summed E-state index contributed by atoms with van der Waals surface area (Å²) in [4.78, 5) is 2.30. The van der Waals surface area contributed by atoms with Crippen LogP contribution in [0.3, 0.4) is 0 Å². The number of aromatic hydroxyl groups is 1. The summed E-state index contributed by atoms with van der Waals surface area (Å²) >= 11 is 1.67. The van der Waals surface area contributed by atoms with Gasteiger partial charge < -0.3 is 5.11 Å². The molecule has 3 heteroatoms.